The summed E-state index contributed by atoms with van der Waals surface area (Å²) in [5.74, 6) is 1.74. The maximum Gasteiger partial charge on any atom is 0.236 e. The Hall–Kier alpha value is -2.28. The number of rotatable bonds is 9. The summed E-state index contributed by atoms with van der Waals surface area (Å²) in [4.78, 5) is 11.1. The number of amidine groups is 1. The van der Waals surface area contributed by atoms with Gasteiger partial charge in [-0.15, -0.1) is 11.7 Å². The predicted molar refractivity (Wildman–Crippen MR) is 103 cm³/mol. The standard InChI is InChI=1S/C18H23N3O3S/c1-4-6-8-24-17-14(7-5-2)9-13(10-15(17)23-3)11-19-21-18-20-16(22)12-25-18/h5,9-11H,2,4,6-8,12H2,1,3H3,(H,20,21,22). The lowest BCUT2D eigenvalue weighted by Crippen LogP contribution is -2.19. The van der Waals surface area contributed by atoms with E-state index in [1.54, 1.807) is 13.3 Å². The minimum absolute atomic E-state index is 0.0533. The molecule has 1 aliphatic rings. The van der Waals surface area contributed by atoms with Crippen LogP contribution >= 0.6 is 11.8 Å². The van der Waals surface area contributed by atoms with Crippen molar-refractivity contribution in [3.63, 3.8) is 0 Å². The number of carbonyl (C=O) groups excluding carboxylic acids is 1. The SMILES string of the molecule is C=CCc1cc(C=NN=C2NC(=O)CS2)cc(OC)c1OCCCC. The summed E-state index contributed by atoms with van der Waals surface area (Å²) in [5, 5.41) is 11.2. The third kappa shape index (κ3) is 5.63. The van der Waals surface area contributed by atoms with E-state index < -0.39 is 0 Å². The van der Waals surface area contributed by atoms with Gasteiger partial charge in [-0.3, -0.25) is 4.79 Å². The van der Waals surface area contributed by atoms with Crippen molar-refractivity contribution in [1.29, 1.82) is 0 Å². The lowest BCUT2D eigenvalue weighted by Gasteiger charge is -2.15. The number of nitrogens with one attached hydrogen (secondary N) is 1. The van der Waals surface area contributed by atoms with Crippen LogP contribution in [0, 0.1) is 0 Å². The normalized spacial score (nSPS) is 15.6. The summed E-state index contributed by atoms with van der Waals surface area (Å²) < 4.78 is 11.4. The second-order valence-electron chi connectivity index (χ2n) is 5.39. The first-order valence-electron chi connectivity index (χ1n) is 8.16. The van der Waals surface area contributed by atoms with Gasteiger partial charge in [0.2, 0.25) is 5.91 Å². The molecule has 1 aromatic carbocycles. The monoisotopic (exact) mass is 361 g/mol. The molecule has 1 saturated heterocycles. The number of hydrogen-bond donors (Lipinski definition) is 1. The van der Waals surface area contributed by atoms with Gasteiger partial charge in [-0.05, 0) is 30.5 Å². The number of amides is 1. The minimum Gasteiger partial charge on any atom is -0.493 e. The van der Waals surface area contributed by atoms with Gasteiger partial charge in [-0.25, -0.2) is 0 Å². The van der Waals surface area contributed by atoms with E-state index in [0.29, 0.717) is 29.7 Å². The van der Waals surface area contributed by atoms with Crippen molar-refractivity contribution in [2.24, 2.45) is 10.2 Å². The maximum absolute atomic E-state index is 11.1. The van der Waals surface area contributed by atoms with Crippen molar-refractivity contribution >= 4 is 29.1 Å². The molecule has 1 heterocycles. The van der Waals surface area contributed by atoms with Gasteiger partial charge in [0, 0.05) is 5.56 Å². The maximum atomic E-state index is 11.1. The predicted octanol–water partition coefficient (Wildman–Crippen LogP) is 3.16. The Balaban J connectivity index is 2.21. The molecule has 6 nitrogen and oxygen atoms in total. The Morgan fingerprint density at radius 1 is 1.44 bits per heavy atom. The van der Waals surface area contributed by atoms with Gasteiger partial charge in [0.25, 0.3) is 0 Å². The quantitative estimate of drug-likeness (QED) is 0.317. The van der Waals surface area contributed by atoms with E-state index in [-0.39, 0.29) is 5.91 Å². The molecule has 2 rings (SSSR count). The summed E-state index contributed by atoms with van der Waals surface area (Å²) in [6, 6.07) is 3.84. The van der Waals surface area contributed by atoms with Gasteiger partial charge in [-0.1, -0.05) is 31.2 Å². The first-order chi connectivity index (χ1) is 12.2. The third-order valence-corrected chi connectivity index (χ3v) is 4.29. The van der Waals surface area contributed by atoms with E-state index in [1.165, 1.54) is 11.8 Å². The van der Waals surface area contributed by atoms with Gasteiger partial charge in [0.15, 0.2) is 16.7 Å². The zero-order chi connectivity index (χ0) is 18.1. The Kier molecular flexibility index (Phi) is 7.53. The van der Waals surface area contributed by atoms with Crippen molar-refractivity contribution in [3.05, 3.63) is 35.9 Å². The van der Waals surface area contributed by atoms with Crippen molar-refractivity contribution < 1.29 is 14.3 Å². The number of ether oxygens (including phenoxy) is 2. The number of benzene rings is 1. The highest BCUT2D eigenvalue weighted by molar-refractivity contribution is 8.15. The minimum atomic E-state index is -0.0533. The third-order valence-electron chi connectivity index (χ3n) is 3.42. The summed E-state index contributed by atoms with van der Waals surface area (Å²) in [7, 11) is 1.62. The van der Waals surface area contributed by atoms with Crippen LogP contribution in [0.3, 0.4) is 0 Å². The summed E-state index contributed by atoms with van der Waals surface area (Å²) in [6.07, 6.45) is 6.18. The molecule has 0 aromatic heterocycles. The summed E-state index contributed by atoms with van der Waals surface area (Å²) >= 11 is 1.34. The molecule has 25 heavy (non-hydrogen) atoms. The van der Waals surface area contributed by atoms with Gasteiger partial charge in [-0.2, -0.15) is 5.10 Å². The highest BCUT2D eigenvalue weighted by atomic mass is 32.2. The zero-order valence-electron chi connectivity index (χ0n) is 14.6. The number of methoxy groups -OCH3 is 1. The second-order valence-corrected chi connectivity index (χ2v) is 6.36. The van der Waals surface area contributed by atoms with Crippen LogP contribution in [0.4, 0.5) is 0 Å². The fourth-order valence-corrected chi connectivity index (χ4v) is 2.86. The van der Waals surface area contributed by atoms with E-state index in [4.69, 9.17) is 9.47 Å². The molecule has 0 saturated carbocycles. The Labute approximate surface area is 152 Å². The molecule has 0 unspecified atom stereocenters. The number of hydrogen-bond acceptors (Lipinski definition) is 6. The molecule has 0 atom stereocenters. The molecule has 1 aliphatic heterocycles. The summed E-state index contributed by atoms with van der Waals surface area (Å²) in [5.41, 5.74) is 1.83. The van der Waals surface area contributed by atoms with E-state index in [9.17, 15) is 4.79 Å². The molecular formula is C18H23N3O3S. The molecule has 1 N–H and O–H groups in total. The molecule has 1 fully saturated rings. The van der Waals surface area contributed by atoms with E-state index >= 15 is 0 Å². The smallest absolute Gasteiger partial charge is 0.236 e. The Morgan fingerprint density at radius 3 is 2.92 bits per heavy atom. The fraction of sp³-hybridized carbons (Fsp3) is 0.389. The van der Waals surface area contributed by atoms with Gasteiger partial charge in [0.1, 0.15) is 0 Å². The number of carbonyl (C=O) groups is 1. The highest BCUT2D eigenvalue weighted by Gasteiger charge is 2.16. The van der Waals surface area contributed by atoms with E-state index in [1.807, 2.05) is 18.2 Å². The van der Waals surface area contributed by atoms with Gasteiger partial charge in [0.05, 0.1) is 25.7 Å². The average molecular weight is 361 g/mol. The molecule has 134 valence electrons. The lowest BCUT2D eigenvalue weighted by atomic mass is 10.1. The first-order valence-corrected chi connectivity index (χ1v) is 9.14. The largest absolute Gasteiger partial charge is 0.493 e. The zero-order valence-corrected chi connectivity index (χ0v) is 15.4. The molecule has 0 bridgehead atoms. The lowest BCUT2D eigenvalue weighted by molar-refractivity contribution is -0.116. The topological polar surface area (TPSA) is 72.3 Å². The fourth-order valence-electron chi connectivity index (χ4n) is 2.23. The van der Waals surface area contributed by atoms with Gasteiger partial charge >= 0.3 is 0 Å². The molecule has 1 aromatic rings. The molecular weight excluding hydrogens is 338 g/mol. The van der Waals surface area contributed by atoms with Crippen LogP contribution in [-0.4, -0.2) is 36.8 Å². The van der Waals surface area contributed by atoms with Crippen LogP contribution in [0.5, 0.6) is 11.5 Å². The van der Waals surface area contributed by atoms with E-state index in [2.05, 4.69) is 29.0 Å². The average Bonchev–Trinajstić information content (AvgIpc) is 3.02. The van der Waals surface area contributed by atoms with Crippen LogP contribution in [0.2, 0.25) is 0 Å². The van der Waals surface area contributed by atoms with Crippen LogP contribution in [0.1, 0.15) is 30.9 Å². The molecule has 0 spiro atoms. The van der Waals surface area contributed by atoms with Crippen LogP contribution in [0.25, 0.3) is 0 Å². The molecule has 0 aliphatic carbocycles. The molecule has 1 amide bonds. The van der Waals surface area contributed by atoms with Crippen molar-refractivity contribution in [2.75, 3.05) is 19.5 Å². The highest BCUT2D eigenvalue weighted by Crippen LogP contribution is 2.33. The van der Waals surface area contributed by atoms with Crippen LogP contribution in [-0.2, 0) is 11.2 Å². The number of allylic oxidation sites excluding steroid dienone is 1. The molecule has 7 heteroatoms. The second kappa shape index (κ2) is 9.88. The Morgan fingerprint density at radius 2 is 2.28 bits per heavy atom. The van der Waals surface area contributed by atoms with E-state index in [0.717, 1.165) is 29.7 Å². The van der Waals surface area contributed by atoms with Crippen LogP contribution < -0.4 is 14.8 Å². The summed E-state index contributed by atoms with van der Waals surface area (Å²) in [6.45, 7) is 6.58. The Bertz CT molecular complexity index is 686. The molecule has 0 radical (unpaired) electrons. The van der Waals surface area contributed by atoms with Gasteiger partial charge < -0.3 is 14.8 Å². The van der Waals surface area contributed by atoms with Crippen LogP contribution in [0.15, 0.2) is 35.0 Å². The number of thioether (sulfide) groups is 1. The first kappa shape index (κ1) is 19.1. The van der Waals surface area contributed by atoms with Crippen molar-refractivity contribution in [2.45, 2.75) is 26.2 Å². The number of unbranched alkanes of at least 4 members (excludes halogenated alkanes) is 1. The van der Waals surface area contributed by atoms with Crippen molar-refractivity contribution in [1.82, 2.24) is 5.32 Å². The van der Waals surface area contributed by atoms with Crippen molar-refractivity contribution in [3.8, 4) is 11.5 Å². The number of nitrogens with zero attached hydrogens (tertiary/aromatic N) is 2.